The molecule has 0 heterocycles. The Labute approximate surface area is 74.2 Å². The van der Waals surface area contributed by atoms with E-state index in [4.69, 9.17) is 4.74 Å². The fourth-order valence-electron chi connectivity index (χ4n) is 0.618. The zero-order valence-corrected chi connectivity index (χ0v) is 7.96. The van der Waals surface area contributed by atoms with Crippen LogP contribution >= 0.6 is 15.9 Å². The molecule has 0 aliphatic rings. The van der Waals surface area contributed by atoms with E-state index in [0.717, 1.165) is 6.29 Å². The molecule has 0 radical (unpaired) electrons. The van der Waals surface area contributed by atoms with Crippen LogP contribution in [0.2, 0.25) is 0 Å². The highest BCUT2D eigenvalue weighted by Crippen LogP contribution is 2.00. The number of hydrogen-bond donors (Lipinski definition) is 0. The van der Waals surface area contributed by atoms with Crippen LogP contribution in [0.4, 0.5) is 0 Å². The van der Waals surface area contributed by atoms with Crippen molar-refractivity contribution in [3.63, 3.8) is 0 Å². The molecule has 0 aromatic rings. The zero-order valence-electron chi connectivity index (χ0n) is 6.38. The summed E-state index contributed by atoms with van der Waals surface area (Å²) in [7, 11) is 0. The van der Waals surface area contributed by atoms with E-state index in [2.05, 4.69) is 15.9 Å². The molecule has 3 nitrogen and oxygen atoms in total. The van der Waals surface area contributed by atoms with Gasteiger partial charge >= 0.3 is 5.97 Å². The Balaban J connectivity index is 3.42. The SMILES string of the molecule is C[C@H](CCC=O)OC(=O)CBr. The first-order chi connectivity index (χ1) is 5.20. The highest BCUT2D eigenvalue weighted by atomic mass is 79.9. The van der Waals surface area contributed by atoms with E-state index in [1.54, 1.807) is 6.92 Å². The Hall–Kier alpha value is -0.380. The maximum absolute atomic E-state index is 10.6. The Morgan fingerprint density at radius 1 is 1.73 bits per heavy atom. The molecular weight excluding hydrogens is 212 g/mol. The van der Waals surface area contributed by atoms with E-state index in [0.29, 0.717) is 12.8 Å². The second kappa shape index (κ2) is 6.34. The van der Waals surface area contributed by atoms with Crippen LogP contribution in [0.1, 0.15) is 19.8 Å². The van der Waals surface area contributed by atoms with Crippen molar-refractivity contribution in [1.29, 1.82) is 0 Å². The van der Waals surface area contributed by atoms with Crippen molar-refractivity contribution in [1.82, 2.24) is 0 Å². The fraction of sp³-hybridized carbons (Fsp3) is 0.714. The molecule has 0 saturated heterocycles. The quantitative estimate of drug-likeness (QED) is 0.400. The first-order valence-corrected chi connectivity index (χ1v) is 4.52. The molecule has 1 atom stereocenters. The van der Waals surface area contributed by atoms with Crippen molar-refractivity contribution in [2.45, 2.75) is 25.9 Å². The van der Waals surface area contributed by atoms with Gasteiger partial charge in [-0.1, -0.05) is 15.9 Å². The average molecular weight is 223 g/mol. The third-order valence-electron chi connectivity index (χ3n) is 1.13. The van der Waals surface area contributed by atoms with Crippen LogP contribution in [-0.2, 0) is 14.3 Å². The molecule has 0 aliphatic heterocycles. The lowest BCUT2D eigenvalue weighted by atomic mass is 10.2. The lowest BCUT2D eigenvalue weighted by molar-refractivity contribution is -0.145. The van der Waals surface area contributed by atoms with E-state index in [1.807, 2.05) is 0 Å². The molecule has 0 unspecified atom stereocenters. The topological polar surface area (TPSA) is 43.4 Å². The number of rotatable bonds is 5. The molecule has 0 rings (SSSR count). The van der Waals surface area contributed by atoms with Gasteiger partial charge in [-0.2, -0.15) is 0 Å². The first kappa shape index (κ1) is 10.6. The second-order valence-corrected chi connectivity index (χ2v) is 2.74. The first-order valence-electron chi connectivity index (χ1n) is 3.39. The summed E-state index contributed by atoms with van der Waals surface area (Å²) in [6.07, 6.45) is 1.70. The van der Waals surface area contributed by atoms with Gasteiger partial charge in [-0.15, -0.1) is 0 Å². The van der Waals surface area contributed by atoms with Gasteiger partial charge in [0.25, 0.3) is 0 Å². The third kappa shape index (κ3) is 6.04. The van der Waals surface area contributed by atoms with Crippen molar-refractivity contribution in [3.8, 4) is 0 Å². The third-order valence-corrected chi connectivity index (χ3v) is 1.59. The molecule has 0 N–H and O–H groups in total. The monoisotopic (exact) mass is 222 g/mol. The predicted molar refractivity (Wildman–Crippen MR) is 44.6 cm³/mol. The summed E-state index contributed by atoms with van der Waals surface area (Å²) < 4.78 is 4.86. The zero-order chi connectivity index (χ0) is 8.69. The van der Waals surface area contributed by atoms with Crippen molar-refractivity contribution < 1.29 is 14.3 Å². The van der Waals surface area contributed by atoms with Gasteiger partial charge in [0.15, 0.2) is 0 Å². The summed E-state index contributed by atoms with van der Waals surface area (Å²) in [5.41, 5.74) is 0. The molecular formula is C7H11BrO3. The smallest absolute Gasteiger partial charge is 0.316 e. The number of aldehydes is 1. The molecule has 0 bridgehead atoms. The van der Waals surface area contributed by atoms with E-state index in [-0.39, 0.29) is 17.4 Å². The Bertz CT molecular complexity index is 136. The minimum Gasteiger partial charge on any atom is -0.462 e. The minimum atomic E-state index is -0.289. The Kier molecular flexibility index (Phi) is 6.12. The summed E-state index contributed by atoms with van der Waals surface area (Å²) in [6, 6.07) is 0. The molecule has 0 amide bonds. The summed E-state index contributed by atoms with van der Waals surface area (Å²) in [4.78, 5) is 20.5. The van der Waals surface area contributed by atoms with Gasteiger partial charge in [0.05, 0.1) is 6.10 Å². The predicted octanol–water partition coefficient (Wildman–Crippen LogP) is 1.29. The molecule has 0 aromatic heterocycles. The van der Waals surface area contributed by atoms with Gasteiger partial charge in [-0.25, -0.2) is 0 Å². The number of alkyl halides is 1. The molecule has 0 aliphatic carbocycles. The summed E-state index contributed by atoms with van der Waals surface area (Å²) in [5, 5.41) is 0.207. The molecule has 0 aromatic carbocycles. The van der Waals surface area contributed by atoms with Gasteiger partial charge in [0, 0.05) is 6.42 Å². The van der Waals surface area contributed by atoms with Crippen LogP contribution < -0.4 is 0 Å². The molecule has 64 valence electrons. The van der Waals surface area contributed by atoms with Crippen LogP contribution in [0, 0.1) is 0 Å². The summed E-state index contributed by atoms with van der Waals surface area (Å²) in [6.45, 7) is 1.77. The van der Waals surface area contributed by atoms with Crippen molar-refractivity contribution >= 4 is 28.2 Å². The van der Waals surface area contributed by atoms with Crippen molar-refractivity contribution in [2.24, 2.45) is 0 Å². The van der Waals surface area contributed by atoms with Gasteiger partial charge < -0.3 is 9.53 Å². The van der Waals surface area contributed by atoms with Crippen molar-refractivity contribution in [3.05, 3.63) is 0 Å². The highest BCUT2D eigenvalue weighted by molar-refractivity contribution is 9.09. The molecule has 0 spiro atoms. The number of ether oxygens (including phenoxy) is 1. The van der Waals surface area contributed by atoms with Crippen LogP contribution in [0.15, 0.2) is 0 Å². The molecule has 0 fully saturated rings. The highest BCUT2D eigenvalue weighted by Gasteiger charge is 2.06. The minimum absolute atomic E-state index is 0.162. The number of halogens is 1. The molecule has 4 heteroatoms. The number of carbonyl (C=O) groups is 2. The Morgan fingerprint density at radius 3 is 2.82 bits per heavy atom. The largest absolute Gasteiger partial charge is 0.462 e. The second-order valence-electron chi connectivity index (χ2n) is 2.18. The van der Waals surface area contributed by atoms with Gasteiger partial charge in [-0.3, -0.25) is 4.79 Å². The van der Waals surface area contributed by atoms with Gasteiger partial charge in [-0.05, 0) is 13.3 Å². The standard InChI is InChI=1S/C7H11BrO3/c1-6(3-2-4-9)11-7(10)5-8/h4,6H,2-3,5H2,1H3/t6-/m1/s1. The average Bonchev–Trinajstić information content (AvgIpc) is 2.00. The van der Waals surface area contributed by atoms with Crippen molar-refractivity contribution in [2.75, 3.05) is 5.33 Å². The lowest BCUT2D eigenvalue weighted by Gasteiger charge is -2.09. The Morgan fingerprint density at radius 2 is 2.36 bits per heavy atom. The van der Waals surface area contributed by atoms with E-state index in [1.165, 1.54) is 0 Å². The molecule has 0 saturated carbocycles. The van der Waals surface area contributed by atoms with E-state index >= 15 is 0 Å². The van der Waals surface area contributed by atoms with Crippen LogP contribution in [0.5, 0.6) is 0 Å². The molecule has 11 heavy (non-hydrogen) atoms. The lowest BCUT2D eigenvalue weighted by Crippen LogP contribution is -2.15. The maximum atomic E-state index is 10.6. The van der Waals surface area contributed by atoms with E-state index in [9.17, 15) is 9.59 Å². The van der Waals surface area contributed by atoms with Gasteiger partial charge in [0.2, 0.25) is 0 Å². The van der Waals surface area contributed by atoms with Gasteiger partial charge in [0.1, 0.15) is 11.6 Å². The van der Waals surface area contributed by atoms with Crippen LogP contribution in [-0.4, -0.2) is 23.7 Å². The van der Waals surface area contributed by atoms with E-state index < -0.39 is 0 Å². The number of hydrogen-bond acceptors (Lipinski definition) is 3. The number of esters is 1. The number of carbonyl (C=O) groups excluding carboxylic acids is 2. The van der Waals surface area contributed by atoms with Crippen LogP contribution in [0.3, 0.4) is 0 Å². The summed E-state index contributed by atoms with van der Waals surface area (Å²) >= 11 is 2.97. The fourth-order valence-corrected chi connectivity index (χ4v) is 0.750. The summed E-state index contributed by atoms with van der Waals surface area (Å²) in [5.74, 6) is -0.289. The van der Waals surface area contributed by atoms with Crippen LogP contribution in [0.25, 0.3) is 0 Å². The maximum Gasteiger partial charge on any atom is 0.316 e. The normalized spacial score (nSPS) is 12.2.